The Morgan fingerprint density at radius 1 is 0.933 bits per heavy atom. The first kappa shape index (κ1) is 10.6. The zero-order valence-electron chi connectivity index (χ0n) is 8.97. The van der Waals surface area contributed by atoms with Gasteiger partial charge in [-0.05, 0) is 42.4 Å². The molecule has 0 aliphatic heterocycles. The van der Waals surface area contributed by atoms with Gasteiger partial charge in [0, 0.05) is 6.07 Å². The van der Waals surface area contributed by atoms with E-state index in [1.807, 2.05) is 0 Å². The molecular weight excluding hydrogens is 194 g/mol. The van der Waals surface area contributed by atoms with Gasteiger partial charge in [0.05, 0.1) is 0 Å². The van der Waals surface area contributed by atoms with Gasteiger partial charge in [0.15, 0.2) is 0 Å². The van der Waals surface area contributed by atoms with E-state index in [-0.39, 0.29) is 0 Å². The molecule has 0 N–H and O–H groups in total. The van der Waals surface area contributed by atoms with E-state index in [4.69, 9.17) is 0 Å². The molecule has 82 valence electrons. The lowest BCUT2D eigenvalue weighted by atomic mass is 9.79. The maximum absolute atomic E-state index is 13.0. The summed E-state index contributed by atoms with van der Waals surface area (Å²) in [6.45, 7) is 2.24. The zero-order chi connectivity index (χ0) is 10.8. The first-order valence-electron chi connectivity index (χ1n) is 5.61. The molecule has 0 aromatic heterocycles. The molecule has 1 aliphatic rings. The van der Waals surface area contributed by atoms with Crippen molar-refractivity contribution >= 4 is 0 Å². The lowest BCUT2D eigenvalue weighted by Gasteiger charge is -2.26. The average molecular weight is 210 g/mol. The minimum Gasteiger partial charge on any atom is -0.207 e. The quantitative estimate of drug-likeness (QED) is 0.649. The highest BCUT2D eigenvalue weighted by molar-refractivity contribution is 5.22. The maximum Gasteiger partial charge on any atom is 0.126 e. The van der Waals surface area contributed by atoms with Crippen LogP contribution < -0.4 is 0 Å². The molecular formula is C13H16F2. The van der Waals surface area contributed by atoms with Crippen LogP contribution in [0.2, 0.25) is 0 Å². The van der Waals surface area contributed by atoms with Crippen LogP contribution in [0.25, 0.3) is 0 Å². The normalized spacial score (nSPS) is 26.6. The van der Waals surface area contributed by atoms with Crippen molar-refractivity contribution in [3.05, 3.63) is 35.4 Å². The summed E-state index contributed by atoms with van der Waals surface area (Å²) in [5.74, 6) is 0.207. The molecule has 2 heteroatoms. The molecule has 15 heavy (non-hydrogen) atoms. The summed E-state index contributed by atoms with van der Waals surface area (Å²) in [6, 6.07) is 3.89. The van der Waals surface area contributed by atoms with Crippen LogP contribution in [-0.2, 0) is 0 Å². The molecule has 1 saturated carbocycles. The highest BCUT2D eigenvalue weighted by Crippen LogP contribution is 2.35. The number of hydrogen-bond acceptors (Lipinski definition) is 0. The fourth-order valence-electron chi connectivity index (χ4n) is 2.40. The minimum absolute atomic E-state index is 0.353. The molecule has 0 saturated heterocycles. The third-order valence-electron chi connectivity index (χ3n) is 3.37. The van der Waals surface area contributed by atoms with Crippen molar-refractivity contribution in [2.45, 2.75) is 38.5 Å². The van der Waals surface area contributed by atoms with Gasteiger partial charge in [-0.1, -0.05) is 19.8 Å². The highest BCUT2D eigenvalue weighted by Gasteiger charge is 2.20. The van der Waals surface area contributed by atoms with Gasteiger partial charge in [-0.25, -0.2) is 8.78 Å². The van der Waals surface area contributed by atoms with Crippen LogP contribution in [0.5, 0.6) is 0 Å². The SMILES string of the molecule is CC1CCC(c2cc(F)cc(F)c2)CC1. The van der Waals surface area contributed by atoms with Crippen molar-refractivity contribution in [2.75, 3.05) is 0 Å². The molecule has 0 amide bonds. The summed E-state index contributed by atoms with van der Waals surface area (Å²) in [7, 11) is 0. The van der Waals surface area contributed by atoms with E-state index in [0.29, 0.717) is 5.92 Å². The third kappa shape index (κ3) is 2.55. The summed E-state index contributed by atoms with van der Waals surface area (Å²) in [5.41, 5.74) is 0.833. The topological polar surface area (TPSA) is 0 Å². The van der Waals surface area contributed by atoms with E-state index in [9.17, 15) is 8.78 Å². The summed E-state index contributed by atoms with van der Waals surface area (Å²) in [6.07, 6.45) is 4.46. The predicted molar refractivity (Wildman–Crippen MR) is 56.7 cm³/mol. The highest BCUT2D eigenvalue weighted by atomic mass is 19.1. The van der Waals surface area contributed by atoms with Gasteiger partial charge in [-0.3, -0.25) is 0 Å². The summed E-state index contributed by atoms with van der Waals surface area (Å²) in [4.78, 5) is 0. The van der Waals surface area contributed by atoms with Crippen LogP contribution in [-0.4, -0.2) is 0 Å². The molecule has 1 aromatic carbocycles. The van der Waals surface area contributed by atoms with Crippen LogP contribution in [0.3, 0.4) is 0 Å². The van der Waals surface area contributed by atoms with E-state index >= 15 is 0 Å². The van der Waals surface area contributed by atoms with Crippen molar-refractivity contribution in [1.29, 1.82) is 0 Å². The lowest BCUT2D eigenvalue weighted by Crippen LogP contribution is -2.11. The monoisotopic (exact) mass is 210 g/mol. The van der Waals surface area contributed by atoms with Crippen LogP contribution in [0, 0.1) is 17.6 Å². The Morgan fingerprint density at radius 3 is 2.00 bits per heavy atom. The van der Waals surface area contributed by atoms with E-state index in [2.05, 4.69) is 6.92 Å². The number of halogens is 2. The Bertz CT molecular complexity index is 318. The van der Waals surface area contributed by atoms with Gasteiger partial charge in [0.25, 0.3) is 0 Å². The van der Waals surface area contributed by atoms with Gasteiger partial charge in [-0.15, -0.1) is 0 Å². The zero-order valence-corrected chi connectivity index (χ0v) is 8.97. The van der Waals surface area contributed by atoms with Gasteiger partial charge in [0.1, 0.15) is 11.6 Å². The fourth-order valence-corrected chi connectivity index (χ4v) is 2.40. The van der Waals surface area contributed by atoms with E-state index in [1.165, 1.54) is 25.0 Å². The number of hydrogen-bond donors (Lipinski definition) is 0. The first-order chi connectivity index (χ1) is 7.15. The predicted octanol–water partition coefficient (Wildman–Crippen LogP) is 4.26. The van der Waals surface area contributed by atoms with Crippen molar-refractivity contribution in [1.82, 2.24) is 0 Å². The second kappa shape index (κ2) is 4.30. The standard InChI is InChI=1S/C13H16F2/c1-9-2-4-10(5-3-9)11-6-12(14)8-13(15)7-11/h6-10H,2-5H2,1H3. The number of rotatable bonds is 1. The van der Waals surface area contributed by atoms with E-state index < -0.39 is 11.6 Å². The summed E-state index contributed by atoms with van der Waals surface area (Å²) >= 11 is 0. The lowest BCUT2D eigenvalue weighted by molar-refractivity contribution is 0.346. The largest absolute Gasteiger partial charge is 0.207 e. The molecule has 1 aliphatic carbocycles. The van der Waals surface area contributed by atoms with Crippen LogP contribution >= 0.6 is 0 Å². The van der Waals surface area contributed by atoms with Crippen molar-refractivity contribution in [3.63, 3.8) is 0 Å². The molecule has 0 spiro atoms. The average Bonchev–Trinajstić information content (AvgIpc) is 2.17. The van der Waals surface area contributed by atoms with Gasteiger partial charge in [0.2, 0.25) is 0 Å². The Balaban J connectivity index is 2.15. The van der Waals surface area contributed by atoms with Crippen LogP contribution in [0.4, 0.5) is 8.78 Å². The fraction of sp³-hybridized carbons (Fsp3) is 0.538. The van der Waals surface area contributed by atoms with Crippen LogP contribution in [0.1, 0.15) is 44.1 Å². The second-order valence-corrected chi connectivity index (χ2v) is 4.66. The summed E-state index contributed by atoms with van der Waals surface area (Å²) < 4.78 is 26.0. The molecule has 1 aromatic rings. The Kier molecular flexibility index (Phi) is 3.03. The molecule has 0 bridgehead atoms. The second-order valence-electron chi connectivity index (χ2n) is 4.66. The van der Waals surface area contributed by atoms with Gasteiger partial charge >= 0.3 is 0 Å². The minimum atomic E-state index is -0.455. The van der Waals surface area contributed by atoms with Crippen molar-refractivity contribution < 1.29 is 8.78 Å². The molecule has 2 rings (SSSR count). The Morgan fingerprint density at radius 2 is 1.47 bits per heavy atom. The molecule has 0 radical (unpaired) electrons. The first-order valence-corrected chi connectivity index (χ1v) is 5.61. The van der Waals surface area contributed by atoms with Gasteiger partial charge in [-0.2, -0.15) is 0 Å². The maximum atomic E-state index is 13.0. The molecule has 0 unspecified atom stereocenters. The molecule has 0 heterocycles. The third-order valence-corrected chi connectivity index (χ3v) is 3.37. The van der Waals surface area contributed by atoms with Gasteiger partial charge < -0.3 is 0 Å². The molecule has 0 nitrogen and oxygen atoms in total. The van der Waals surface area contributed by atoms with E-state index in [1.54, 1.807) is 0 Å². The van der Waals surface area contributed by atoms with E-state index in [0.717, 1.165) is 30.4 Å². The smallest absolute Gasteiger partial charge is 0.126 e. The molecule has 0 atom stereocenters. The molecule has 1 fully saturated rings. The van der Waals surface area contributed by atoms with Crippen LogP contribution in [0.15, 0.2) is 18.2 Å². The Labute approximate surface area is 89.3 Å². The summed E-state index contributed by atoms with van der Waals surface area (Å²) in [5, 5.41) is 0. The Hall–Kier alpha value is -0.920. The van der Waals surface area contributed by atoms with Crippen molar-refractivity contribution in [2.24, 2.45) is 5.92 Å². The van der Waals surface area contributed by atoms with Crippen molar-refractivity contribution in [3.8, 4) is 0 Å². The number of benzene rings is 1.